The monoisotopic (exact) mass is 256 g/mol. The van der Waals surface area contributed by atoms with Crippen molar-refractivity contribution in [3.63, 3.8) is 0 Å². The van der Waals surface area contributed by atoms with Crippen LogP contribution in [-0.4, -0.2) is 16.6 Å². The van der Waals surface area contributed by atoms with Crippen LogP contribution >= 0.6 is 0 Å². The van der Waals surface area contributed by atoms with Gasteiger partial charge in [-0.15, -0.1) is 0 Å². The summed E-state index contributed by atoms with van der Waals surface area (Å²) in [6, 6.07) is 14.3. The largest absolute Gasteiger partial charge is 0.387 e. The van der Waals surface area contributed by atoms with Crippen molar-refractivity contribution in [3.05, 3.63) is 65.5 Å². The van der Waals surface area contributed by atoms with Gasteiger partial charge in [-0.05, 0) is 25.5 Å². The highest BCUT2D eigenvalue weighted by Gasteiger charge is 2.10. The molecule has 0 saturated heterocycles. The van der Waals surface area contributed by atoms with Gasteiger partial charge in [0.05, 0.1) is 6.10 Å². The van der Waals surface area contributed by atoms with Crippen molar-refractivity contribution in [1.29, 1.82) is 0 Å². The van der Waals surface area contributed by atoms with E-state index in [4.69, 9.17) is 0 Å². The minimum atomic E-state index is -0.528. The molecule has 0 aliphatic rings. The molecule has 3 nitrogen and oxygen atoms in total. The molecule has 0 aliphatic carbocycles. The number of aryl methyl sites for hydroxylation is 1. The Kier molecular flexibility index (Phi) is 4.66. The predicted octanol–water partition coefficient (Wildman–Crippen LogP) is 2.77. The van der Waals surface area contributed by atoms with Gasteiger partial charge in [0.2, 0.25) is 0 Å². The first kappa shape index (κ1) is 13.7. The minimum absolute atomic E-state index is 0.217. The number of benzene rings is 1. The fourth-order valence-corrected chi connectivity index (χ4v) is 1.94. The van der Waals surface area contributed by atoms with Crippen molar-refractivity contribution in [2.24, 2.45) is 0 Å². The number of nitrogens with zero attached hydrogens (tertiary/aromatic N) is 1. The number of hydrogen-bond acceptors (Lipinski definition) is 3. The van der Waals surface area contributed by atoms with Crippen molar-refractivity contribution in [1.82, 2.24) is 10.3 Å². The highest BCUT2D eigenvalue weighted by Crippen LogP contribution is 2.15. The lowest BCUT2D eigenvalue weighted by atomic mass is 10.1. The molecule has 2 atom stereocenters. The summed E-state index contributed by atoms with van der Waals surface area (Å²) in [6.07, 6.45) is 1.20. The van der Waals surface area contributed by atoms with Crippen LogP contribution in [0.15, 0.2) is 48.7 Å². The quantitative estimate of drug-likeness (QED) is 0.864. The molecule has 100 valence electrons. The van der Waals surface area contributed by atoms with Crippen molar-refractivity contribution in [2.75, 3.05) is 6.54 Å². The van der Waals surface area contributed by atoms with Gasteiger partial charge < -0.3 is 10.4 Å². The Balaban J connectivity index is 1.90. The standard InChI is InChI=1S/C16H20N2O/c1-12-8-9-15(10-17-12)16(19)11-18-13(2)14-6-4-3-5-7-14/h3-10,13,16,18-19H,11H2,1-2H3/t13-,16+/m0/s1. The van der Waals surface area contributed by atoms with Crippen LogP contribution in [-0.2, 0) is 0 Å². The third kappa shape index (κ3) is 3.88. The summed E-state index contributed by atoms with van der Waals surface area (Å²) in [5.74, 6) is 0. The summed E-state index contributed by atoms with van der Waals surface area (Å²) in [5.41, 5.74) is 3.02. The van der Waals surface area contributed by atoms with Gasteiger partial charge in [-0.3, -0.25) is 4.98 Å². The van der Waals surface area contributed by atoms with Crippen LogP contribution in [0.1, 0.15) is 35.9 Å². The number of aliphatic hydroxyl groups excluding tert-OH is 1. The smallest absolute Gasteiger partial charge is 0.0929 e. The van der Waals surface area contributed by atoms with E-state index < -0.39 is 6.10 Å². The summed E-state index contributed by atoms with van der Waals surface area (Å²) >= 11 is 0. The van der Waals surface area contributed by atoms with E-state index in [9.17, 15) is 5.11 Å². The predicted molar refractivity (Wildman–Crippen MR) is 76.8 cm³/mol. The van der Waals surface area contributed by atoms with Crippen LogP contribution in [0.2, 0.25) is 0 Å². The Hall–Kier alpha value is -1.71. The second kappa shape index (κ2) is 6.45. The van der Waals surface area contributed by atoms with Crippen molar-refractivity contribution < 1.29 is 5.11 Å². The SMILES string of the molecule is Cc1ccc([C@H](O)CN[C@@H](C)c2ccccc2)cn1. The van der Waals surface area contributed by atoms with Gasteiger partial charge in [0.25, 0.3) is 0 Å². The van der Waals surface area contributed by atoms with Crippen LogP contribution in [0.25, 0.3) is 0 Å². The first-order valence-electron chi connectivity index (χ1n) is 6.56. The molecule has 19 heavy (non-hydrogen) atoms. The lowest BCUT2D eigenvalue weighted by Gasteiger charge is -2.17. The molecule has 2 rings (SSSR count). The molecule has 0 spiro atoms. The van der Waals surface area contributed by atoms with Gasteiger partial charge in [0.15, 0.2) is 0 Å². The number of rotatable bonds is 5. The van der Waals surface area contributed by atoms with E-state index in [2.05, 4.69) is 29.4 Å². The van der Waals surface area contributed by atoms with Gasteiger partial charge in [0.1, 0.15) is 0 Å². The van der Waals surface area contributed by atoms with Gasteiger partial charge in [0, 0.05) is 30.0 Å². The molecular formula is C16H20N2O. The maximum atomic E-state index is 10.1. The van der Waals surface area contributed by atoms with Crippen LogP contribution in [0, 0.1) is 6.92 Å². The zero-order chi connectivity index (χ0) is 13.7. The van der Waals surface area contributed by atoms with E-state index in [0.717, 1.165) is 11.3 Å². The van der Waals surface area contributed by atoms with Gasteiger partial charge in [-0.2, -0.15) is 0 Å². The number of hydrogen-bond donors (Lipinski definition) is 2. The number of pyridine rings is 1. The van der Waals surface area contributed by atoms with Gasteiger partial charge >= 0.3 is 0 Å². The van der Waals surface area contributed by atoms with Crippen LogP contribution < -0.4 is 5.32 Å². The molecule has 3 heteroatoms. The molecule has 1 heterocycles. The van der Waals surface area contributed by atoms with Crippen LogP contribution in [0.4, 0.5) is 0 Å². The van der Waals surface area contributed by atoms with E-state index in [1.165, 1.54) is 5.56 Å². The summed E-state index contributed by atoms with van der Waals surface area (Å²) < 4.78 is 0. The number of aromatic nitrogens is 1. The van der Waals surface area contributed by atoms with E-state index in [0.29, 0.717) is 6.54 Å². The Morgan fingerprint density at radius 1 is 1.11 bits per heavy atom. The molecule has 0 radical (unpaired) electrons. The summed E-state index contributed by atoms with van der Waals surface area (Å²) in [4.78, 5) is 4.20. The topological polar surface area (TPSA) is 45.1 Å². The third-order valence-electron chi connectivity index (χ3n) is 3.24. The molecule has 0 amide bonds. The zero-order valence-corrected chi connectivity index (χ0v) is 11.4. The summed E-state index contributed by atoms with van der Waals surface area (Å²) in [5, 5.41) is 13.4. The Morgan fingerprint density at radius 2 is 1.84 bits per heavy atom. The highest BCUT2D eigenvalue weighted by molar-refractivity contribution is 5.19. The molecule has 0 bridgehead atoms. The van der Waals surface area contributed by atoms with Crippen LogP contribution in [0.5, 0.6) is 0 Å². The zero-order valence-electron chi connectivity index (χ0n) is 11.4. The fraction of sp³-hybridized carbons (Fsp3) is 0.312. The Labute approximate surface area is 114 Å². The Bertz CT molecular complexity index is 496. The molecule has 1 aromatic heterocycles. The number of nitrogens with one attached hydrogen (secondary N) is 1. The fourth-order valence-electron chi connectivity index (χ4n) is 1.94. The first-order valence-corrected chi connectivity index (χ1v) is 6.56. The first-order chi connectivity index (χ1) is 9.16. The average molecular weight is 256 g/mol. The van der Waals surface area contributed by atoms with Gasteiger partial charge in [-0.25, -0.2) is 0 Å². The van der Waals surface area contributed by atoms with E-state index in [-0.39, 0.29) is 6.04 Å². The third-order valence-corrected chi connectivity index (χ3v) is 3.24. The molecule has 0 saturated carbocycles. The van der Waals surface area contributed by atoms with Crippen molar-refractivity contribution in [3.8, 4) is 0 Å². The second-order valence-electron chi connectivity index (χ2n) is 4.79. The lowest BCUT2D eigenvalue weighted by Crippen LogP contribution is -2.24. The summed E-state index contributed by atoms with van der Waals surface area (Å²) in [6.45, 7) is 4.54. The average Bonchev–Trinajstić information content (AvgIpc) is 2.46. The molecule has 0 aliphatic heterocycles. The van der Waals surface area contributed by atoms with Gasteiger partial charge in [-0.1, -0.05) is 36.4 Å². The lowest BCUT2D eigenvalue weighted by molar-refractivity contribution is 0.170. The molecule has 2 N–H and O–H groups in total. The van der Waals surface area contributed by atoms with Crippen molar-refractivity contribution >= 4 is 0 Å². The van der Waals surface area contributed by atoms with E-state index in [1.807, 2.05) is 37.3 Å². The van der Waals surface area contributed by atoms with Crippen LogP contribution in [0.3, 0.4) is 0 Å². The molecule has 1 aromatic carbocycles. The molecule has 0 unspecified atom stereocenters. The minimum Gasteiger partial charge on any atom is -0.387 e. The van der Waals surface area contributed by atoms with E-state index in [1.54, 1.807) is 6.20 Å². The summed E-state index contributed by atoms with van der Waals surface area (Å²) in [7, 11) is 0. The number of aliphatic hydroxyl groups is 1. The molecule has 2 aromatic rings. The normalized spacial score (nSPS) is 14.1. The second-order valence-corrected chi connectivity index (χ2v) is 4.79. The Morgan fingerprint density at radius 3 is 2.47 bits per heavy atom. The maximum absolute atomic E-state index is 10.1. The molecule has 0 fully saturated rings. The highest BCUT2D eigenvalue weighted by atomic mass is 16.3. The maximum Gasteiger partial charge on any atom is 0.0929 e. The van der Waals surface area contributed by atoms with E-state index >= 15 is 0 Å². The van der Waals surface area contributed by atoms with Crippen molar-refractivity contribution in [2.45, 2.75) is 26.0 Å². The molecular weight excluding hydrogens is 236 g/mol.